The molecule has 1 aromatic heterocycles. The highest BCUT2D eigenvalue weighted by Gasteiger charge is 2.37. The molecule has 2 aliphatic heterocycles. The van der Waals surface area contributed by atoms with E-state index in [0.717, 1.165) is 67.5 Å². The van der Waals surface area contributed by atoms with Crippen molar-refractivity contribution < 1.29 is 17.6 Å². The van der Waals surface area contributed by atoms with Crippen LogP contribution in [-0.2, 0) is 15.3 Å². The van der Waals surface area contributed by atoms with Gasteiger partial charge in [-0.1, -0.05) is 141 Å². The predicted molar refractivity (Wildman–Crippen MR) is 293 cm³/mol. The monoisotopic (exact) mass is 964 g/mol. The van der Waals surface area contributed by atoms with Crippen LogP contribution in [0.5, 0.6) is 0 Å². The maximum Gasteiger partial charge on any atom is 0.208 e. The Bertz CT molecular complexity index is 4170. The van der Waals surface area contributed by atoms with Gasteiger partial charge in [-0.25, -0.2) is 8.42 Å². The normalized spacial score (nSPS) is 14.0. The zero-order valence-corrected chi connectivity index (χ0v) is 40.6. The molecule has 350 valence electrons. The number of sulfone groups is 1. The molecule has 0 fully saturated rings. The van der Waals surface area contributed by atoms with Crippen LogP contribution in [0.3, 0.4) is 0 Å². The van der Waals surface area contributed by atoms with E-state index in [1.807, 2.05) is 78.9 Å². The molecule has 3 heterocycles. The van der Waals surface area contributed by atoms with Gasteiger partial charge >= 0.3 is 0 Å². The summed E-state index contributed by atoms with van der Waals surface area (Å²) in [6, 6.07) is 75.2. The number of rotatable bonds is 7. The SMILES string of the molecule is CC1(C)c2ccccc2N(c2ccc3oc4ccc(-c5ccc(N(c6ccccc6)c6ccc(-c7ccc(-c8ccc9c(c8)C(=O)c8ccccc8S9(=O)=O)cc7)cc6)cc5)cc4c(=O)c3c2)c2ccccc21. The van der Waals surface area contributed by atoms with Crippen LogP contribution in [0.1, 0.15) is 40.9 Å². The number of para-hydroxylation sites is 3. The Kier molecular flexibility index (Phi) is 10.1. The van der Waals surface area contributed by atoms with E-state index in [1.54, 1.807) is 36.4 Å². The van der Waals surface area contributed by atoms with E-state index in [4.69, 9.17) is 4.42 Å². The number of ketones is 1. The van der Waals surface area contributed by atoms with Crippen LogP contribution in [0.25, 0.3) is 55.3 Å². The largest absolute Gasteiger partial charge is 0.456 e. The van der Waals surface area contributed by atoms with E-state index >= 15 is 0 Å². The maximum absolute atomic E-state index is 14.5. The van der Waals surface area contributed by atoms with Crippen LogP contribution in [0.15, 0.2) is 250 Å². The summed E-state index contributed by atoms with van der Waals surface area (Å²) in [6.07, 6.45) is 0. The number of fused-ring (bicyclic) bond motifs is 6. The van der Waals surface area contributed by atoms with Crippen molar-refractivity contribution in [3.63, 3.8) is 0 Å². The van der Waals surface area contributed by atoms with E-state index in [0.29, 0.717) is 21.9 Å². The van der Waals surface area contributed by atoms with Crippen molar-refractivity contribution >= 4 is 71.7 Å². The summed E-state index contributed by atoms with van der Waals surface area (Å²) in [4.78, 5) is 32.6. The van der Waals surface area contributed by atoms with Crippen molar-refractivity contribution in [1.29, 1.82) is 0 Å². The summed E-state index contributed by atoms with van der Waals surface area (Å²) >= 11 is 0. The molecule has 8 heteroatoms. The molecule has 0 unspecified atom stereocenters. The number of anilines is 6. The number of nitrogens with zero attached hydrogens (tertiary/aromatic N) is 2. The molecule has 10 aromatic carbocycles. The fraction of sp³-hybridized carbons (Fsp3) is 0.0462. The average molecular weight is 965 g/mol. The lowest BCUT2D eigenvalue weighted by molar-refractivity contribution is 0.103. The minimum Gasteiger partial charge on any atom is -0.456 e. The molecule has 0 amide bonds. The summed E-state index contributed by atoms with van der Waals surface area (Å²) < 4.78 is 33.2. The van der Waals surface area contributed by atoms with Crippen LogP contribution in [0.2, 0.25) is 0 Å². The van der Waals surface area contributed by atoms with Crippen molar-refractivity contribution in [1.82, 2.24) is 0 Å². The van der Waals surface area contributed by atoms with E-state index < -0.39 is 9.84 Å². The fourth-order valence-corrected chi connectivity index (χ4v) is 12.5. The maximum atomic E-state index is 14.5. The first-order valence-corrected chi connectivity index (χ1v) is 25.7. The van der Waals surface area contributed by atoms with Gasteiger partial charge in [-0.3, -0.25) is 9.59 Å². The molecule has 73 heavy (non-hydrogen) atoms. The third kappa shape index (κ3) is 7.13. The Morgan fingerprint density at radius 1 is 0.425 bits per heavy atom. The Morgan fingerprint density at radius 2 is 0.877 bits per heavy atom. The van der Waals surface area contributed by atoms with Crippen molar-refractivity contribution in [2.45, 2.75) is 29.1 Å². The molecule has 0 saturated carbocycles. The van der Waals surface area contributed by atoms with Gasteiger partial charge in [0.15, 0.2) is 5.78 Å². The molecule has 0 radical (unpaired) electrons. The van der Waals surface area contributed by atoms with Gasteiger partial charge in [0.2, 0.25) is 15.3 Å². The first-order chi connectivity index (χ1) is 35.5. The molecular formula is C65H44N2O5S. The molecule has 0 aliphatic carbocycles. The first-order valence-electron chi connectivity index (χ1n) is 24.2. The van der Waals surface area contributed by atoms with E-state index in [9.17, 15) is 18.0 Å². The van der Waals surface area contributed by atoms with E-state index in [-0.39, 0.29) is 37.5 Å². The Balaban J connectivity index is 0.786. The zero-order valence-electron chi connectivity index (χ0n) is 39.8. The highest BCUT2D eigenvalue weighted by molar-refractivity contribution is 7.91. The van der Waals surface area contributed by atoms with Crippen molar-refractivity contribution in [2.75, 3.05) is 9.80 Å². The molecule has 2 aliphatic rings. The molecule has 11 aromatic rings. The number of hydrogen-bond donors (Lipinski definition) is 0. The van der Waals surface area contributed by atoms with Gasteiger partial charge in [0, 0.05) is 39.3 Å². The van der Waals surface area contributed by atoms with E-state index in [1.165, 1.54) is 17.2 Å². The standard InChI is InChI=1S/C65H44N2O5S/c1-65(2)55-15-7-9-17-57(55)67(58-18-10-8-16-56(58)65)50-34-36-60-53(40-50)64(69)52-38-45(28-35-59(52)72-60)44-26-32-49(33-27-44)66(47-12-4-3-5-13-47)48-30-24-42(25-31-48)41-20-22-43(23-21-41)46-29-37-62-54(39-46)63(68)51-14-6-11-19-61(51)73(62,70)71/h3-40H,1-2H3. The van der Waals surface area contributed by atoms with Gasteiger partial charge in [0.25, 0.3) is 0 Å². The molecule has 0 saturated heterocycles. The fourth-order valence-electron chi connectivity index (χ4n) is 10.9. The third-order valence-corrected chi connectivity index (χ3v) is 16.5. The summed E-state index contributed by atoms with van der Waals surface area (Å²) in [7, 11) is -3.80. The molecule has 0 bridgehead atoms. The van der Waals surface area contributed by atoms with Gasteiger partial charge in [0.05, 0.1) is 31.9 Å². The van der Waals surface area contributed by atoms with Gasteiger partial charge in [0.1, 0.15) is 11.2 Å². The number of carbonyl (C=O) groups is 1. The van der Waals surface area contributed by atoms with E-state index in [2.05, 4.69) is 133 Å². The predicted octanol–water partition coefficient (Wildman–Crippen LogP) is 15.9. The minimum atomic E-state index is -3.80. The van der Waals surface area contributed by atoms with Crippen molar-refractivity contribution in [3.05, 3.63) is 263 Å². The van der Waals surface area contributed by atoms with Gasteiger partial charge < -0.3 is 14.2 Å². The van der Waals surface area contributed by atoms with Crippen LogP contribution in [0, 0.1) is 0 Å². The Labute approximate surface area is 422 Å². The molecule has 0 spiro atoms. The highest BCUT2D eigenvalue weighted by atomic mass is 32.2. The second-order valence-electron chi connectivity index (χ2n) is 19.2. The molecule has 0 N–H and O–H groups in total. The van der Waals surface area contributed by atoms with Crippen LogP contribution < -0.4 is 15.2 Å². The van der Waals surface area contributed by atoms with Crippen LogP contribution in [0.4, 0.5) is 34.1 Å². The quantitative estimate of drug-likeness (QED) is 0.147. The summed E-state index contributed by atoms with van der Waals surface area (Å²) in [6.45, 7) is 4.53. The second-order valence-corrected chi connectivity index (χ2v) is 21.1. The Morgan fingerprint density at radius 3 is 1.51 bits per heavy atom. The third-order valence-electron chi connectivity index (χ3n) is 14.6. The van der Waals surface area contributed by atoms with Crippen molar-refractivity contribution in [2.24, 2.45) is 0 Å². The molecule has 7 nitrogen and oxygen atoms in total. The number of benzene rings is 10. The second kappa shape index (κ2) is 16.8. The zero-order chi connectivity index (χ0) is 49.6. The minimum absolute atomic E-state index is 0.0395. The van der Waals surface area contributed by atoms with Gasteiger partial charge in [-0.2, -0.15) is 0 Å². The summed E-state index contributed by atoms with van der Waals surface area (Å²) in [5.74, 6) is -0.292. The van der Waals surface area contributed by atoms with Gasteiger partial charge in [-0.05, 0) is 148 Å². The summed E-state index contributed by atoms with van der Waals surface area (Å²) in [5.41, 5.74) is 15.2. The smallest absolute Gasteiger partial charge is 0.208 e. The van der Waals surface area contributed by atoms with Crippen LogP contribution >= 0.6 is 0 Å². The lowest BCUT2D eigenvalue weighted by atomic mass is 9.73. The number of carbonyl (C=O) groups excluding carboxylic acids is 1. The topological polar surface area (TPSA) is 87.9 Å². The summed E-state index contributed by atoms with van der Waals surface area (Å²) in [5, 5.41) is 1.04. The molecular weight excluding hydrogens is 921 g/mol. The molecule has 0 atom stereocenters. The van der Waals surface area contributed by atoms with Crippen molar-refractivity contribution in [3.8, 4) is 33.4 Å². The Hall–Kier alpha value is -9.11. The first kappa shape index (κ1) is 43.9. The van der Waals surface area contributed by atoms with Gasteiger partial charge in [-0.15, -0.1) is 0 Å². The lowest BCUT2D eigenvalue weighted by Gasteiger charge is -2.42. The van der Waals surface area contributed by atoms with Crippen LogP contribution in [-0.4, -0.2) is 14.2 Å². The molecule has 13 rings (SSSR count). The lowest BCUT2D eigenvalue weighted by Crippen LogP contribution is -2.30. The highest BCUT2D eigenvalue weighted by Crippen LogP contribution is 2.52. The number of hydrogen-bond acceptors (Lipinski definition) is 7. The average Bonchev–Trinajstić information content (AvgIpc) is 3.43.